The van der Waals surface area contributed by atoms with Gasteiger partial charge in [0.15, 0.2) is 11.5 Å². The van der Waals surface area contributed by atoms with E-state index >= 15 is 0 Å². The minimum Gasteiger partial charge on any atom is -0.486 e. The van der Waals surface area contributed by atoms with Gasteiger partial charge in [0.05, 0.1) is 11.3 Å². The molecule has 0 bridgehead atoms. The second-order valence-corrected chi connectivity index (χ2v) is 5.70. The van der Waals surface area contributed by atoms with Crippen LogP contribution in [0.15, 0.2) is 23.6 Å². The number of halogens is 2. The van der Waals surface area contributed by atoms with Crippen LogP contribution in [0.3, 0.4) is 0 Å². The fourth-order valence-electron chi connectivity index (χ4n) is 2.32. The highest BCUT2D eigenvalue weighted by molar-refractivity contribution is 7.10. The maximum Gasteiger partial charge on any atom is 0.307 e. The van der Waals surface area contributed by atoms with Crippen LogP contribution in [0.5, 0.6) is 11.5 Å². The highest BCUT2D eigenvalue weighted by Crippen LogP contribution is 2.40. The third kappa shape index (κ3) is 2.89. The van der Waals surface area contributed by atoms with E-state index in [0.29, 0.717) is 41.4 Å². The minimum atomic E-state index is -2.54. The number of rotatable bonds is 4. The summed E-state index contributed by atoms with van der Waals surface area (Å²) in [6.07, 6.45) is -2.76. The molecule has 0 aliphatic carbocycles. The van der Waals surface area contributed by atoms with E-state index in [2.05, 4.69) is 0 Å². The molecule has 0 unspecified atom stereocenters. The normalized spacial score (nSPS) is 13.4. The molecule has 22 heavy (non-hydrogen) atoms. The first-order valence-electron chi connectivity index (χ1n) is 6.56. The van der Waals surface area contributed by atoms with Crippen molar-refractivity contribution in [2.75, 3.05) is 13.2 Å². The van der Waals surface area contributed by atoms with E-state index in [4.69, 9.17) is 14.6 Å². The topological polar surface area (TPSA) is 55.8 Å². The quantitative estimate of drug-likeness (QED) is 0.930. The SMILES string of the molecule is O=C(O)Cc1cc2c(cc1-c1csc(C(F)F)c1)OCCO2. The Kier molecular flexibility index (Phi) is 3.98. The molecule has 0 atom stereocenters. The standard InChI is InChI=1S/C15H12F2O4S/c16-15(17)13-4-9(7-22-13)10-6-12-11(20-1-2-21-12)3-8(10)5-14(18)19/h3-4,6-7,15H,1-2,5H2,(H,18,19). The van der Waals surface area contributed by atoms with Crippen LogP contribution in [-0.2, 0) is 11.2 Å². The molecule has 0 radical (unpaired) electrons. The summed E-state index contributed by atoms with van der Waals surface area (Å²) < 4.78 is 36.4. The number of carboxylic acids is 1. The van der Waals surface area contributed by atoms with Gasteiger partial charge in [-0.1, -0.05) is 0 Å². The van der Waals surface area contributed by atoms with Crippen LogP contribution in [0.1, 0.15) is 16.9 Å². The van der Waals surface area contributed by atoms with Gasteiger partial charge in [-0.3, -0.25) is 4.79 Å². The van der Waals surface area contributed by atoms with Crippen molar-refractivity contribution >= 4 is 17.3 Å². The van der Waals surface area contributed by atoms with Crippen molar-refractivity contribution < 1.29 is 28.2 Å². The molecule has 4 nitrogen and oxygen atoms in total. The van der Waals surface area contributed by atoms with Crippen LogP contribution in [0.2, 0.25) is 0 Å². The van der Waals surface area contributed by atoms with Crippen molar-refractivity contribution in [2.45, 2.75) is 12.8 Å². The van der Waals surface area contributed by atoms with Crippen molar-refractivity contribution in [1.82, 2.24) is 0 Å². The van der Waals surface area contributed by atoms with Crippen molar-refractivity contribution in [3.63, 3.8) is 0 Å². The molecule has 3 rings (SSSR count). The van der Waals surface area contributed by atoms with Gasteiger partial charge in [0.2, 0.25) is 0 Å². The number of hydrogen-bond acceptors (Lipinski definition) is 4. The average Bonchev–Trinajstić information content (AvgIpc) is 2.96. The third-order valence-electron chi connectivity index (χ3n) is 3.26. The maximum atomic E-state index is 12.8. The molecule has 1 aromatic heterocycles. The number of ether oxygens (including phenoxy) is 2. The Morgan fingerprint density at radius 1 is 1.23 bits per heavy atom. The van der Waals surface area contributed by atoms with Gasteiger partial charge in [-0.15, -0.1) is 11.3 Å². The zero-order valence-corrected chi connectivity index (χ0v) is 12.2. The smallest absolute Gasteiger partial charge is 0.307 e. The van der Waals surface area contributed by atoms with Crippen molar-refractivity contribution in [3.05, 3.63) is 34.0 Å². The lowest BCUT2D eigenvalue weighted by molar-refractivity contribution is -0.136. The summed E-state index contributed by atoms with van der Waals surface area (Å²) in [4.78, 5) is 11.0. The summed E-state index contributed by atoms with van der Waals surface area (Å²) in [6.45, 7) is 0.795. The van der Waals surface area contributed by atoms with Crippen LogP contribution in [-0.4, -0.2) is 24.3 Å². The van der Waals surface area contributed by atoms with E-state index in [9.17, 15) is 13.6 Å². The fourth-order valence-corrected chi connectivity index (χ4v) is 3.07. The van der Waals surface area contributed by atoms with Crippen LogP contribution in [0, 0.1) is 0 Å². The second-order valence-electron chi connectivity index (χ2n) is 4.76. The fraction of sp³-hybridized carbons (Fsp3) is 0.267. The Morgan fingerprint density at radius 3 is 2.50 bits per heavy atom. The zero-order chi connectivity index (χ0) is 15.7. The van der Waals surface area contributed by atoms with E-state index in [1.807, 2.05) is 0 Å². The highest BCUT2D eigenvalue weighted by Gasteiger charge is 2.20. The van der Waals surface area contributed by atoms with Gasteiger partial charge < -0.3 is 14.6 Å². The summed E-state index contributed by atoms with van der Waals surface area (Å²) in [5.41, 5.74) is 1.65. The van der Waals surface area contributed by atoms with E-state index in [0.717, 1.165) is 11.3 Å². The van der Waals surface area contributed by atoms with Gasteiger partial charge >= 0.3 is 5.97 Å². The first-order valence-corrected chi connectivity index (χ1v) is 7.44. The molecule has 0 amide bonds. The van der Waals surface area contributed by atoms with E-state index in [1.165, 1.54) is 6.07 Å². The Balaban J connectivity index is 2.08. The molecular weight excluding hydrogens is 314 g/mol. The monoisotopic (exact) mass is 326 g/mol. The molecule has 0 saturated heterocycles. The zero-order valence-electron chi connectivity index (χ0n) is 11.3. The molecular formula is C15H12F2O4S. The molecule has 0 saturated carbocycles. The van der Waals surface area contributed by atoms with Crippen LogP contribution in [0.4, 0.5) is 8.78 Å². The maximum absolute atomic E-state index is 12.8. The molecule has 1 N–H and O–H groups in total. The summed E-state index contributed by atoms with van der Waals surface area (Å²) in [6, 6.07) is 4.65. The number of benzene rings is 1. The number of hydrogen-bond donors (Lipinski definition) is 1. The number of carbonyl (C=O) groups is 1. The van der Waals surface area contributed by atoms with E-state index in [1.54, 1.807) is 17.5 Å². The van der Waals surface area contributed by atoms with Crippen molar-refractivity contribution in [3.8, 4) is 22.6 Å². The van der Waals surface area contributed by atoms with Gasteiger partial charge in [0, 0.05) is 0 Å². The Morgan fingerprint density at radius 2 is 1.91 bits per heavy atom. The summed E-state index contributed by atoms with van der Waals surface area (Å²) >= 11 is 0.948. The summed E-state index contributed by atoms with van der Waals surface area (Å²) in [5, 5.41) is 10.6. The number of aliphatic carboxylic acids is 1. The van der Waals surface area contributed by atoms with Crippen molar-refractivity contribution in [2.24, 2.45) is 0 Å². The molecule has 116 valence electrons. The van der Waals surface area contributed by atoms with Crippen molar-refractivity contribution in [1.29, 1.82) is 0 Å². The molecule has 1 aromatic carbocycles. The first-order chi connectivity index (χ1) is 10.5. The predicted molar refractivity (Wildman–Crippen MR) is 77.0 cm³/mol. The first kappa shape index (κ1) is 14.8. The summed E-state index contributed by atoms with van der Waals surface area (Å²) in [5.74, 6) is -0.0158. The molecule has 0 fully saturated rings. The van der Waals surface area contributed by atoms with Gasteiger partial charge in [-0.25, -0.2) is 8.78 Å². The van der Waals surface area contributed by atoms with Gasteiger partial charge in [0.25, 0.3) is 6.43 Å². The number of thiophene rings is 1. The Hall–Kier alpha value is -2.15. The lowest BCUT2D eigenvalue weighted by atomic mass is 9.98. The minimum absolute atomic E-state index is 0.0498. The van der Waals surface area contributed by atoms with Crippen LogP contribution in [0.25, 0.3) is 11.1 Å². The van der Waals surface area contributed by atoms with Gasteiger partial charge in [-0.2, -0.15) is 0 Å². The number of fused-ring (bicyclic) bond motifs is 1. The highest BCUT2D eigenvalue weighted by atomic mass is 32.1. The van der Waals surface area contributed by atoms with Crippen LogP contribution < -0.4 is 9.47 Å². The summed E-state index contributed by atoms with van der Waals surface area (Å²) in [7, 11) is 0. The molecule has 1 aliphatic rings. The van der Waals surface area contributed by atoms with E-state index < -0.39 is 12.4 Å². The molecule has 2 aromatic rings. The predicted octanol–water partition coefficient (Wildman–Crippen LogP) is 3.75. The third-order valence-corrected chi connectivity index (χ3v) is 4.20. The molecule has 2 heterocycles. The van der Waals surface area contributed by atoms with Crippen LogP contribution >= 0.6 is 11.3 Å². The van der Waals surface area contributed by atoms with Gasteiger partial charge in [0.1, 0.15) is 13.2 Å². The average molecular weight is 326 g/mol. The Bertz CT molecular complexity index is 712. The lowest BCUT2D eigenvalue weighted by Crippen LogP contribution is -2.16. The largest absolute Gasteiger partial charge is 0.486 e. The Labute approximate surface area is 128 Å². The second kappa shape index (κ2) is 5.92. The van der Waals surface area contributed by atoms with E-state index in [-0.39, 0.29) is 11.3 Å². The van der Waals surface area contributed by atoms with Gasteiger partial charge in [-0.05, 0) is 40.3 Å². The number of carboxylic acid groups (broad SMARTS) is 1. The molecule has 0 spiro atoms. The lowest BCUT2D eigenvalue weighted by Gasteiger charge is -2.20. The molecule has 7 heteroatoms. The molecule has 1 aliphatic heterocycles. The number of alkyl halides is 2.